The third-order valence-corrected chi connectivity index (χ3v) is 17.9. The maximum absolute atomic E-state index is 16.8. The summed E-state index contributed by atoms with van der Waals surface area (Å²) in [5, 5.41) is 5.34. The van der Waals surface area contributed by atoms with Crippen LogP contribution in [-0.2, 0) is 9.98 Å². The average Bonchev–Trinajstić information content (AvgIpc) is 3.99. The lowest BCUT2D eigenvalue weighted by molar-refractivity contribution is 0.590. The number of fused-ring (bicyclic) bond motifs is 12. The van der Waals surface area contributed by atoms with Crippen LogP contribution >= 0.6 is 7.14 Å². The van der Waals surface area contributed by atoms with Crippen molar-refractivity contribution in [2.75, 3.05) is 4.90 Å². The van der Waals surface area contributed by atoms with Gasteiger partial charge in [0.05, 0.1) is 16.8 Å². The Balaban J connectivity index is 1.04. The van der Waals surface area contributed by atoms with Gasteiger partial charge in [0.25, 0.3) is 0 Å². The Morgan fingerprint density at radius 1 is 0.521 bits per heavy atom. The second-order valence-corrected chi connectivity index (χ2v) is 21.4. The molecule has 14 rings (SSSR count). The number of nitrogens with zero attached hydrogens (tertiary/aromatic N) is 4. The number of aromatic nitrogens is 3. The predicted molar refractivity (Wildman–Crippen MR) is 296 cm³/mol. The Morgan fingerprint density at radius 2 is 1.14 bits per heavy atom. The normalized spacial score (nSPS) is 16.7. The van der Waals surface area contributed by atoms with Crippen molar-refractivity contribution in [2.45, 2.75) is 12.3 Å². The molecule has 7 nitrogen and oxygen atoms in total. The van der Waals surface area contributed by atoms with E-state index in [1.165, 1.54) is 0 Å². The molecule has 0 radical (unpaired) electrons. The number of allylic oxidation sites excluding steroid dienone is 2. The number of furan rings is 2. The lowest BCUT2D eigenvalue weighted by Crippen LogP contribution is -2.49. The number of anilines is 3. The Bertz CT molecular complexity index is 4290. The molecule has 12 aromatic rings. The van der Waals surface area contributed by atoms with E-state index in [-0.39, 0.29) is 0 Å². The lowest BCUT2D eigenvalue weighted by Gasteiger charge is -2.50. The van der Waals surface area contributed by atoms with Crippen LogP contribution in [-0.4, -0.2) is 15.0 Å². The van der Waals surface area contributed by atoms with Crippen molar-refractivity contribution in [3.8, 4) is 22.8 Å². The summed E-state index contributed by atoms with van der Waals surface area (Å²) in [5.41, 5.74) is 11.5. The molecule has 2 aliphatic rings. The minimum absolute atomic E-state index is 0.441. The predicted octanol–water partition coefficient (Wildman–Crippen LogP) is 15.0. The second-order valence-electron chi connectivity index (χ2n) is 18.7. The third kappa shape index (κ3) is 6.39. The summed E-state index contributed by atoms with van der Waals surface area (Å²) < 4.78 is 29.7. The summed E-state index contributed by atoms with van der Waals surface area (Å²) in [6, 6.07) is 74.6. The van der Waals surface area contributed by atoms with Gasteiger partial charge in [-0.2, -0.15) is 0 Å². The number of aryl methyl sites for hydroxylation is 1. The van der Waals surface area contributed by atoms with Crippen molar-refractivity contribution in [3.05, 3.63) is 270 Å². The van der Waals surface area contributed by atoms with E-state index in [1.54, 1.807) is 0 Å². The third-order valence-electron chi connectivity index (χ3n) is 14.7. The highest BCUT2D eigenvalue weighted by Crippen LogP contribution is 2.63. The van der Waals surface area contributed by atoms with E-state index in [2.05, 4.69) is 128 Å². The van der Waals surface area contributed by atoms with Crippen LogP contribution in [0.3, 0.4) is 0 Å². The highest BCUT2D eigenvalue weighted by atomic mass is 31.2. The van der Waals surface area contributed by atoms with Gasteiger partial charge < -0.3 is 18.3 Å². The molecule has 73 heavy (non-hydrogen) atoms. The number of rotatable bonds is 7. The van der Waals surface area contributed by atoms with Crippen LogP contribution < -0.4 is 20.8 Å². The molecule has 2 atom stereocenters. The summed E-state index contributed by atoms with van der Waals surface area (Å²) in [6.07, 6.45) is 3.85. The average molecular weight is 959 g/mol. The SMILES string of the molecule is C=C(/C=C\c1oc2ccccc2c1C)c1nc(-c2ccccc2)nc(-c2ccc3c(c2)N(c2ccccc2)c2ccccc2C32c3ccccc3P(=O)(c3ccccc3)c3cc4oc5ccccc5c4cc32)n1. The highest BCUT2D eigenvalue weighted by Gasteiger charge is 2.55. The van der Waals surface area contributed by atoms with Crippen LogP contribution in [0.1, 0.15) is 39.4 Å². The maximum Gasteiger partial charge on any atom is 0.171 e. The molecule has 3 aromatic heterocycles. The summed E-state index contributed by atoms with van der Waals surface area (Å²) in [6.45, 7) is 6.55. The van der Waals surface area contributed by atoms with Gasteiger partial charge in [0.15, 0.2) is 24.6 Å². The van der Waals surface area contributed by atoms with Gasteiger partial charge in [0, 0.05) is 60.0 Å². The molecule has 5 heterocycles. The van der Waals surface area contributed by atoms with Crippen LogP contribution in [0, 0.1) is 6.92 Å². The van der Waals surface area contributed by atoms with E-state index < -0.39 is 12.6 Å². The second kappa shape index (κ2) is 16.5. The van der Waals surface area contributed by atoms with Crippen molar-refractivity contribution in [2.24, 2.45) is 0 Å². The smallest absolute Gasteiger partial charge is 0.171 e. The molecule has 0 saturated heterocycles. The first-order chi connectivity index (χ1) is 35.9. The molecular formula is C65H43N4O3P. The van der Waals surface area contributed by atoms with Crippen LogP contribution in [0.4, 0.5) is 17.1 Å². The monoisotopic (exact) mass is 958 g/mol. The summed E-state index contributed by atoms with van der Waals surface area (Å²) >= 11 is 0. The first-order valence-corrected chi connectivity index (χ1v) is 26.1. The lowest BCUT2D eigenvalue weighted by atomic mass is 9.62. The number of hydrogen-bond donors (Lipinski definition) is 0. The summed E-state index contributed by atoms with van der Waals surface area (Å²) in [7, 11) is -3.55. The van der Waals surface area contributed by atoms with Crippen LogP contribution in [0.2, 0.25) is 0 Å². The van der Waals surface area contributed by atoms with Gasteiger partial charge in [-0.1, -0.05) is 176 Å². The largest absolute Gasteiger partial charge is 0.456 e. The molecule has 8 heteroatoms. The molecule has 2 unspecified atom stereocenters. The van der Waals surface area contributed by atoms with Gasteiger partial charge in [-0.05, 0) is 89.9 Å². The van der Waals surface area contributed by atoms with Crippen molar-refractivity contribution >= 4 is 84.7 Å². The van der Waals surface area contributed by atoms with Crippen molar-refractivity contribution in [1.29, 1.82) is 0 Å². The Morgan fingerprint density at radius 3 is 1.90 bits per heavy atom. The molecule has 0 fully saturated rings. The zero-order valence-electron chi connectivity index (χ0n) is 39.6. The first-order valence-electron chi connectivity index (χ1n) is 24.4. The quantitative estimate of drug-likeness (QED) is 0.116. The molecule has 0 bridgehead atoms. The van der Waals surface area contributed by atoms with Gasteiger partial charge in [0.2, 0.25) is 0 Å². The van der Waals surface area contributed by atoms with E-state index in [1.807, 2.05) is 121 Å². The van der Waals surface area contributed by atoms with Crippen LogP contribution in [0.15, 0.2) is 240 Å². The summed E-state index contributed by atoms with van der Waals surface area (Å²) in [4.78, 5) is 17.8. The van der Waals surface area contributed by atoms with Crippen molar-refractivity contribution in [3.63, 3.8) is 0 Å². The van der Waals surface area contributed by atoms with E-state index in [0.29, 0.717) is 28.6 Å². The van der Waals surface area contributed by atoms with Gasteiger partial charge >= 0.3 is 0 Å². The van der Waals surface area contributed by atoms with Crippen LogP contribution in [0.5, 0.6) is 0 Å². The number of para-hydroxylation sites is 4. The van der Waals surface area contributed by atoms with Crippen molar-refractivity contribution < 1.29 is 13.4 Å². The van der Waals surface area contributed by atoms with Crippen LogP contribution in [0.25, 0.3) is 67.3 Å². The van der Waals surface area contributed by atoms with E-state index in [0.717, 1.165) is 105 Å². The molecule has 2 aliphatic heterocycles. The minimum atomic E-state index is -3.55. The maximum atomic E-state index is 16.8. The Kier molecular flexibility index (Phi) is 9.63. The van der Waals surface area contributed by atoms with E-state index in [9.17, 15) is 0 Å². The molecule has 9 aromatic carbocycles. The fourth-order valence-electron chi connectivity index (χ4n) is 11.4. The van der Waals surface area contributed by atoms with E-state index >= 15 is 4.57 Å². The molecular weight excluding hydrogens is 916 g/mol. The molecule has 0 aliphatic carbocycles. The number of hydrogen-bond acceptors (Lipinski definition) is 7. The van der Waals surface area contributed by atoms with Gasteiger partial charge in [-0.25, -0.2) is 15.0 Å². The number of benzene rings is 9. The topological polar surface area (TPSA) is 85.3 Å². The Labute approximate surface area is 421 Å². The van der Waals surface area contributed by atoms with E-state index in [4.69, 9.17) is 23.8 Å². The molecule has 0 saturated carbocycles. The molecule has 0 amide bonds. The molecule has 0 N–H and O–H groups in total. The summed E-state index contributed by atoms with van der Waals surface area (Å²) in [5.74, 6) is 2.21. The molecule has 346 valence electrons. The van der Waals surface area contributed by atoms with Gasteiger partial charge in [-0.3, -0.25) is 0 Å². The fourth-order valence-corrected chi connectivity index (χ4v) is 14.6. The van der Waals surface area contributed by atoms with Gasteiger partial charge in [0.1, 0.15) is 22.5 Å². The first kappa shape index (κ1) is 42.7. The minimum Gasteiger partial charge on any atom is -0.456 e. The van der Waals surface area contributed by atoms with Gasteiger partial charge in [-0.15, -0.1) is 0 Å². The molecule has 1 spiro atoms. The van der Waals surface area contributed by atoms with Crippen molar-refractivity contribution in [1.82, 2.24) is 15.0 Å². The zero-order valence-corrected chi connectivity index (χ0v) is 40.5. The Hall–Kier alpha value is -9.16. The standard InChI is InChI=1S/C65H43N4O3P/c1-41(34-37-56-42(2)47-26-12-17-31-57(47)71-56)62-66-63(43-20-6-3-7-21-43)68-64(67-62)44-35-36-51-55(38-44)69(45-22-8-4-9-23-45)54-30-16-14-28-50(54)65(51)52-29-15-19-33-60(52)73(70,46-24-10-5-11-25-46)61-40-59-49(39-53(61)65)48-27-13-18-32-58(48)72-59/h3-40H,1H2,2H3/b37-34-. The zero-order chi connectivity index (χ0) is 48.8. The fraction of sp³-hybridized carbons (Fsp3) is 0.0308. The highest BCUT2D eigenvalue weighted by molar-refractivity contribution is 7.85.